The van der Waals surface area contributed by atoms with Gasteiger partial charge in [-0.25, -0.2) is 4.98 Å². The van der Waals surface area contributed by atoms with Crippen LogP contribution in [-0.4, -0.2) is 16.1 Å². The molecule has 0 spiro atoms. The Hall–Kier alpha value is -4.06. The van der Waals surface area contributed by atoms with Crippen LogP contribution in [0.3, 0.4) is 0 Å². The molecule has 1 aromatic heterocycles. The van der Waals surface area contributed by atoms with E-state index in [1.54, 1.807) is 36.6 Å². The number of aromatic nitrogens is 1. The van der Waals surface area contributed by atoms with Crippen molar-refractivity contribution < 1.29 is 9.34 Å². The lowest BCUT2D eigenvalue weighted by Crippen LogP contribution is -1.90. The Bertz CT molecular complexity index is 1300. The summed E-state index contributed by atoms with van der Waals surface area (Å²) >= 11 is 0. The van der Waals surface area contributed by atoms with Crippen LogP contribution < -0.4 is 0 Å². The minimum atomic E-state index is -0.397. The van der Waals surface area contributed by atoms with Gasteiger partial charge in [0.25, 0.3) is 5.69 Å². The Kier molecular flexibility index (Phi) is 5.22. The van der Waals surface area contributed by atoms with Gasteiger partial charge in [0, 0.05) is 17.8 Å². The monoisotopic (exact) mass is 397 g/mol. The average molecular weight is 397 g/mol. The molecule has 1 heterocycles. The van der Waals surface area contributed by atoms with Gasteiger partial charge < -0.3 is 4.42 Å². The van der Waals surface area contributed by atoms with E-state index in [-0.39, 0.29) is 5.69 Å². The van der Waals surface area contributed by atoms with Gasteiger partial charge in [0.2, 0.25) is 5.89 Å². The fraction of sp³-hybridized carbons (Fsp3) is 0.0833. The number of aryl methyl sites for hydroxylation is 2. The molecular formula is C24H19N3O3. The van der Waals surface area contributed by atoms with E-state index in [0.717, 1.165) is 33.5 Å². The molecular weight excluding hydrogens is 378 g/mol. The van der Waals surface area contributed by atoms with Gasteiger partial charge in [-0.1, -0.05) is 24.3 Å². The Labute approximate surface area is 173 Å². The number of aliphatic imine (C=N–C) groups is 1. The van der Waals surface area contributed by atoms with Crippen LogP contribution in [0, 0.1) is 24.0 Å². The third-order valence-electron chi connectivity index (χ3n) is 4.71. The Balaban J connectivity index is 1.60. The maximum atomic E-state index is 11.1. The van der Waals surface area contributed by atoms with Crippen LogP contribution in [0.4, 0.5) is 11.4 Å². The maximum absolute atomic E-state index is 11.1. The number of benzene rings is 3. The van der Waals surface area contributed by atoms with Crippen molar-refractivity contribution in [3.8, 4) is 11.5 Å². The summed E-state index contributed by atoms with van der Waals surface area (Å²) in [5.41, 5.74) is 5.90. The minimum Gasteiger partial charge on any atom is -0.436 e. The summed E-state index contributed by atoms with van der Waals surface area (Å²) in [5, 5.41) is 11.1. The molecule has 148 valence electrons. The van der Waals surface area contributed by atoms with Gasteiger partial charge in [0.15, 0.2) is 5.58 Å². The molecule has 4 rings (SSSR count). The lowest BCUT2D eigenvalue weighted by molar-refractivity contribution is -0.385. The first-order valence-electron chi connectivity index (χ1n) is 9.43. The summed E-state index contributed by atoms with van der Waals surface area (Å²) in [7, 11) is 0. The van der Waals surface area contributed by atoms with Gasteiger partial charge in [0.1, 0.15) is 5.52 Å². The highest BCUT2D eigenvalue weighted by Gasteiger charge is 2.10. The Morgan fingerprint density at radius 1 is 1.07 bits per heavy atom. The third kappa shape index (κ3) is 4.03. The zero-order chi connectivity index (χ0) is 21.1. The van der Waals surface area contributed by atoms with E-state index < -0.39 is 4.92 Å². The Morgan fingerprint density at radius 3 is 2.73 bits per heavy atom. The number of allylic oxidation sites excluding steroid dienone is 1. The van der Waals surface area contributed by atoms with Crippen molar-refractivity contribution in [1.29, 1.82) is 0 Å². The van der Waals surface area contributed by atoms with E-state index in [0.29, 0.717) is 11.5 Å². The summed E-state index contributed by atoms with van der Waals surface area (Å²) in [4.78, 5) is 19.8. The molecule has 0 bridgehead atoms. The van der Waals surface area contributed by atoms with Crippen LogP contribution in [0.25, 0.3) is 28.6 Å². The quantitative estimate of drug-likeness (QED) is 0.220. The Morgan fingerprint density at radius 2 is 1.90 bits per heavy atom. The van der Waals surface area contributed by atoms with Crippen molar-refractivity contribution >= 4 is 34.8 Å². The van der Waals surface area contributed by atoms with Crippen LogP contribution in [0.5, 0.6) is 0 Å². The van der Waals surface area contributed by atoms with Crippen LogP contribution in [0.2, 0.25) is 0 Å². The van der Waals surface area contributed by atoms with Gasteiger partial charge >= 0.3 is 0 Å². The topological polar surface area (TPSA) is 81.5 Å². The molecule has 0 aliphatic rings. The molecule has 0 aliphatic carbocycles. The molecule has 6 heteroatoms. The van der Waals surface area contributed by atoms with Gasteiger partial charge in [-0.3, -0.25) is 15.1 Å². The molecule has 0 fully saturated rings. The van der Waals surface area contributed by atoms with Crippen molar-refractivity contribution in [2.75, 3.05) is 0 Å². The molecule has 0 atom stereocenters. The van der Waals surface area contributed by atoms with E-state index in [2.05, 4.69) is 9.98 Å². The third-order valence-corrected chi connectivity index (χ3v) is 4.71. The highest BCUT2D eigenvalue weighted by atomic mass is 16.6. The van der Waals surface area contributed by atoms with E-state index in [1.165, 1.54) is 6.07 Å². The molecule has 0 aliphatic heterocycles. The summed E-state index contributed by atoms with van der Waals surface area (Å²) in [6.45, 7) is 3.99. The number of hydrogen-bond donors (Lipinski definition) is 0. The zero-order valence-corrected chi connectivity index (χ0v) is 16.6. The van der Waals surface area contributed by atoms with Crippen molar-refractivity contribution in [3.63, 3.8) is 0 Å². The van der Waals surface area contributed by atoms with Crippen molar-refractivity contribution in [1.82, 2.24) is 4.98 Å². The van der Waals surface area contributed by atoms with Crippen LogP contribution in [0.15, 0.2) is 76.1 Å². The van der Waals surface area contributed by atoms with Crippen molar-refractivity contribution in [2.45, 2.75) is 13.8 Å². The summed E-state index contributed by atoms with van der Waals surface area (Å²) in [6, 6.07) is 18.3. The standard InChI is InChI=1S/C24H19N3O3/c1-16-9-12-23-21(14-16)26-24(30-23)19-11-10-17(2)20(15-19)25-13-5-7-18-6-3-4-8-22(18)27(28)29/h3-15H,1-2H3. The van der Waals surface area contributed by atoms with Gasteiger partial charge in [-0.2, -0.15) is 0 Å². The molecule has 0 saturated heterocycles. The van der Waals surface area contributed by atoms with Crippen molar-refractivity contribution in [3.05, 3.63) is 93.5 Å². The second kappa shape index (κ2) is 8.13. The highest BCUT2D eigenvalue weighted by Crippen LogP contribution is 2.29. The molecule has 0 saturated carbocycles. The minimum absolute atomic E-state index is 0.0616. The zero-order valence-electron chi connectivity index (χ0n) is 16.6. The highest BCUT2D eigenvalue weighted by molar-refractivity contribution is 5.83. The lowest BCUT2D eigenvalue weighted by atomic mass is 10.1. The van der Waals surface area contributed by atoms with E-state index >= 15 is 0 Å². The number of hydrogen-bond acceptors (Lipinski definition) is 5. The molecule has 6 nitrogen and oxygen atoms in total. The summed E-state index contributed by atoms with van der Waals surface area (Å²) < 4.78 is 5.88. The molecule has 3 aromatic carbocycles. The second-order valence-electron chi connectivity index (χ2n) is 6.94. The first kappa shape index (κ1) is 19.3. The smallest absolute Gasteiger partial charge is 0.276 e. The molecule has 0 radical (unpaired) electrons. The van der Waals surface area contributed by atoms with Crippen molar-refractivity contribution in [2.24, 2.45) is 4.99 Å². The summed E-state index contributed by atoms with van der Waals surface area (Å²) in [5.74, 6) is 0.544. The molecule has 0 N–H and O–H groups in total. The first-order chi connectivity index (χ1) is 14.5. The fourth-order valence-electron chi connectivity index (χ4n) is 3.11. The van der Waals surface area contributed by atoms with Crippen LogP contribution in [-0.2, 0) is 0 Å². The molecule has 30 heavy (non-hydrogen) atoms. The maximum Gasteiger partial charge on any atom is 0.276 e. The number of rotatable bonds is 5. The molecule has 0 unspecified atom stereocenters. The van der Waals surface area contributed by atoms with Crippen LogP contribution in [0.1, 0.15) is 16.7 Å². The normalized spacial score (nSPS) is 11.7. The molecule has 4 aromatic rings. The van der Waals surface area contributed by atoms with E-state index in [9.17, 15) is 10.1 Å². The van der Waals surface area contributed by atoms with Gasteiger partial charge in [0.05, 0.1) is 16.2 Å². The predicted octanol–water partition coefficient (Wildman–Crippen LogP) is 6.44. The van der Waals surface area contributed by atoms with Gasteiger partial charge in [-0.15, -0.1) is 0 Å². The van der Waals surface area contributed by atoms with E-state index in [4.69, 9.17) is 4.42 Å². The number of fused-ring (bicyclic) bond motifs is 1. The first-order valence-corrected chi connectivity index (χ1v) is 9.43. The van der Waals surface area contributed by atoms with E-state index in [1.807, 2.05) is 50.2 Å². The fourth-order valence-corrected chi connectivity index (χ4v) is 3.11. The largest absolute Gasteiger partial charge is 0.436 e. The SMILES string of the molecule is Cc1ccc2oc(-c3ccc(C)c(N=CC=Cc4ccccc4[N+](=O)[O-])c3)nc2c1. The van der Waals surface area contributed by atoms with Crippen LogP contribution >= 0.6 is 0 Å². The number of nitro benzene ring substituents is 1. The van der Waals surface area contributed by atoms with Gasteiger partial charge in [-0.05, 0) is 67.5 Å². The number of para-hydroxylation sites is 1. The average Bonchev–Trinajstić information content (AvgIpc) is 3.15. The number of nitrogens with zero attached hydrogens (tertiary/aromatic N) is 3. The number of oxazole rings is 1. The predicted molar refractivity (Wildman–Crippen MR) is 119 cm³/mol. The second-order valence-corrected chi connectivity index (χ2v) is 6.94. The summed E-state index contributed by atoms with van der Waals surface area (Å²) in [6.07, 6.45) is 4.99. The molecule has 0 amide bonds. The number of nitro groups is 1. The lowest BCUT2D eigenvalue weighted by Gasteiger charge is -2.02.